The monoisotopic (exact) mass is 276 g/mol. The molecule has 1 aromatic carbocycles. The maximum absolute atomic E-state index is 5.76. The van der Waals surface area contributed by atoms with Crippen molar-refractivity contribution >= 4 is 0 Å². The van der Waals surface area contributed by atoms with Gasteiger partial charge in [0.05, 0.1) is 0 Å². The fraction of sp³-hybridized carbons (Fsp3) is 0.667. The van der Waals surface area contributed by atoms with Crippen molar-refractivity contribution in [2.75, 3.05) is 0 Å². The molecule has 0 aromatic heterocycles. The summed E-state index contributed by atoms with van der Waals surface area (Å²) in [7, 11) is 0. The fourth-order valence-corrected chi connectivity index (χ4v) is 2.57. The molecular formula is C18H32N2. The lowest BCUT2D eigenvalue weighted by atomic mass is 9.79. The SMILES string of the molecule is Cc1cc(C(C)(C)C)cc(C)c1CC(NN)C(C)(C)C. The normalized spacial score (nSPS) is 14.4. The largest absolute Gasteiger partial charge is 0.271 e. The number of hydrogen-bond donors (Lipinski definition) is 2. The van der Waals surface area contributed by atoms with E-state index in [2.05, 4.69) is 72.9 Å². The third kappa shape index (κ3) is 4.07. The van der Waals surface area contributed by atoms with E-state index in [1.54, 1.807) is 0 Å². The Bertz CT molecular complexity index is 438. The smallest absolute Gasteiger partial charge is 0.0299 e. The first-order valence-corrected chi connectivity index (χ1v) is 7.53. The summed E-state index contributed by atoms with van der Waals surface area (Å²) in [5.41, 5.74) is 8.92. The molecule has 0 fully saturated rings. The lowest BCUT2D eigenvalue weighted by molar-refractivity contribution is 0.268. The minimum absolute atomic E-state index is 0.149. The van der Waals surface area contributed by atoms with Crippen LogP contribution >= 0.6 is 0 Å². The van der Waals surface area contributed by atoms with E-state index in [1.165, 1.54) is 22.3 Å². The van der Waals surface area contributed by atoms with Crippen LogP contribution in [0.5, 0.6) is 0 Å². The highest BCUT2D eigenvalue weighted by molar-refractivity contribution is 5.41. The Hall–Kier alpha value is -0.860. The quantitative estimate of drug-likeness (QED) is 0.646. The molecule has 0 amide bonds. The highest BCUT2D eigenvalue weighted by Gasteiger charge is 2.25. The number of nitrogens with two attached hydrogens (primary N) is 1. The average molecular weight is 276 g/mol. The van der Waals surface area contributed by atoms with Crippen molar-refractivity contribution in [3.05, 3.63) is 34.4 Å². The van der Waals surface area contributed by atoms with Gasteiger partial charge < -0.3 is 0 Å². The molecule has 1 unspecified atom stereocenters. The lowest BCUT2D eigenvalue weighted by Gasteiger charge is -2.31. The lowest BCUT2D eigenvalue weighted by Crippen LogP contribution is -2.46. The van der Waals surface area contributed by atoms with E-state index in [0.717, 1.165) is 6.42 Å². The van der Waals surface area contributed by atoms with Crippen LogP contribution in [0, 0.1) is 19.3 Å². The summed E-state index contributed by atoms with van der Waals surface area (Å²) in [4.78, 5) is 0. The van der Waals surface area contributed by atoms with Crippen molar-refractivity contribution in [1.82, 2.24) is 5.43 Å². The molecule has 20 heavy (non-hydrogen) atoms. The van der Waals surface area contributed by atoms with Crippen molar-refractivity contribution in [1.29, 1.82) is 0 Å². The highest BCUT2D eigenvalue weighted by Crippen LogP contribution is 2.29. The Kier molecular flexibility index (Phi) is 5.04. The van der Waals surface area contributed by atoms with Gasteiger partial charge in [0, 0.05) is 6.04 Å². The van der Waals surface area contributed by atoms with E-state index < -0.39 is 0 Å². The summed E-state index contributed by atoms with van der Waals surface area (Å²) in [6.45, 7) is 17.9. The Morgan fingerprint density at radius 3 is 1.75 bits per heavy atom. The van der Waals surface area contributed by atoms with Gasteiger partial charge in [-0.1, -0.05) is 53.7 Å². The minimum atomic E-state index is 0.149. The van der Waals surface area contributed by atoms with Gasteiger partial charge in [0.1, 0.15) is 0 Å². The molecule has 2 nitrogen and oxygen atoms in total. The summed E-state index contributed by atoms with van der Waals surface area (Å²) in [5.74, 6) is 5.76. The zero-order valence-electron chi connectivity index (χ0n) is 14.5. The summed E-state index contributed by atoms with van der Waals surface area (Å²) in [6.07, 6.45) is 0.974. The summed E-state index contributed by atoms with van der Waals surface area (Å²) >= 11 is 0. The molecule has 2 heteroatoms. The Morgan fingerprint density at radius 1 is 1.00 bits per heavy atom. The van der Waals surface area contributed by atoms with E-state index in [9.17, 15) is 0 Å². The van der Waals surface area contributed by atoms with Crippen molar-refractivity contribution in [2.45, 2.75) is 73.3 Å². The number of hydrazine groups is 1. The molecule has 0 bridgehead atoms. The van der Waals surface area contributed by atoms with Gasteiger partial charge in [-0.25, -0.2) is 0 Å². The van der Waals surface area contributed by atoms with Gasteiger partial charge in [-0.2, -0.15) is 0 Å². The van der Waals surface area contributed by atoms with Gasteiger partial charge >= 0.3 is 0 Å². The number of benzene rings is 1. The molecule has 1 atom stereocenters. The molecule has 0 heterocycles. The molecule has 0 aliphatic rings. The number of aryl methyl sites for hydroxylation is 2. The first-order chi connectivity index (χ1) is 8.96. The number of rotatable bonds is 3. The maximum atomic E-state index is 5.76. The molecule has 1 aromatic rings. The van der Waals surface area contributed by atoms with E-state index in [-0.39, 0.29) is 16.9 Å². The average Bonchev–Trinajstić information content (AvgIpc) is 2.24. The molecule has 0 spiro atoms. The van der Waals surface area contributed by atoms with Crippen LogP contribution in [-0.4, -0.2) is 6.04 Å². The van der Waals surface area contributed by atoms with Crippen molar-refractivity contribution < 1.29 is 0 Å². The Balaban J connectivity index is 3.15. The number of nitrogens with one attached hydrogen (secondary N) is 1. The second-order valence-corrected chi connectivity index (χ2v) is 8.13. The first-order valence-electron chi connectivity index (χ1n) is 7.53. The van der Waals surface area contributed by atoms with Crippen LogP contribution in [-0.2, 0) is 11.8 Å². The minimum Gasteiger partial charge on any atom is -0.271 e. The predicted molar refractivity (Wildman–Crippen MR) is 88.9 cm³/mol. The van der Waals surface area contributed by atoms with Crippen molar-refractivity contribution in [3.8, 4) is 0 Å². The fourth-order valence-electron chi connectivity index (χ4n) is 2.57. The zero-order chi connectivity index (χ0) is 15.7. The van der Waals surface area contributed by atoms with E-state index in [4.69, 9.17) is 5.84 Å². The molecular weight excluding hydrogens is 244 g/mol. The standard InChI is InChI=1S/C18H32N2/c1-12-9-14(17(3,4)5)10-13(2)15(12)11-16(20-19)18(6,7)8/h9-10,16,20H,11,19H2,1-8H3. The second kappa shape index (κ2) is 5.87. The molecule has 0 saturated heterocycles. The number of hydrogen-bond acceptors (Lipinski definition) is 2. The maximum Gasteiger partial charge on any atom is 0.0299 e. The molecule has 1 rings (SSSR count). The van der Waals surface area contributed by atoms with E-state index >= 15 is 0 Å². The molecule has 0 aliphatic heterocycles. The van der Waals surface area contributed by atoms with Crippen molar-refractivity contribution in [2.24, 2.45) is 11.3 Å². The molecule has 114 valence electrons. The topological polar surface area (TPSA) is 38.0 Å². The second-order valence-electron chi connectivity index (χ2n) is 8.13. The zero-order valence-corrected chi connectivity index (χ0v) is 14.5. The van der Waals surface area contributed by atoms with Crippen LogP contribution in [0.3, 0.4) is 0 Å². The van der Waals surface area contributed by atoms with Crippen LogP contribution in [0.1, 0.15) is 63.8 Å². The summed E-state index contributed by atoms with van der Waals surface area (Å²) in [6, 6.07) is 4.94. The van der Waals surface area contributed by atoms with Crippen LogP contribution in [0.25, 0.3) is 0 Å². The predicted octanol–water partition coefficient (Wildman–Crippen LogP) is 4.02. The summed E-state index contributed by atoms with van der Waals surface area (Å²) in [5, 5.41) is 0. The Morgan fingerprint density at radius 2 is 1.45 bits per heavy atom. The Labute approximate surface area is 125 Å². The third-order valence-electron chi connectivity index (χ3n) is 4.22. The molecule has 0 saturated carbocycles. The highest BCUT2D eigenvalue weighted by atomic mass is 15.2. The van der Waals surface area contributed by atoms with Crippen molar-refractivity contribution in [3.63, 3.8) is 0 Å². The van der Waals surface area contributed by atoms with Crippen LogP contribution in [0.4, 0.5) is 0 Å². The van der Waals surface area contributed by atoms with Gasteiger partial charge in [-0.05, 0) is 53.4 Å². The summed E-state index contributed by atoms with van der Waals surface area (Å²) < 4.78 is 0. The molecule has 0 aliphatic carbocycles. The molecule has 0 radical (unpaired) electrons. The molecule has 3 N–H and O–H groups in total. The van der Waals surface area contributed by atoms with E-state index in [0.29, 0.717) is 0 Å². The first kappa shape index (κ1) is 17.2. The van der Waals surface area contributed by atoms with Gasteiger partial charge in [0.2, 0.25) is 0 Å². The van der Waals surface area contributed by atoms with Gasteiger partial charge in [0.25, 0.3) is 0 Å². The third-order valence-corrected chi connectivity index (χ3v) is 4.22. The van der Waals surface area contributed by atoms with E-state index in [1.807, 2.05) is 0 Å². The van der Waals surface area contributed by atoms with Gasteiger partial charge in [0.15, 0.2) is 0 Å². The van der Waals surface area contributed by atoms with Crippen LogP contribution in [0.15, 0.2) is 12.1 Å². The van der Waals surface area contributed by atoms with Gasteiger partial charge in [-0.3, -0.25) is 11.3 Å². The van der Waals surface area contributed by atoms with Gasteiger partial charge in [-0.15, -0.1) is 0 Å². The van der Waals surface area contributed by atoms with Crippen LogP contribution in [0.2, 0.25) is 0 Å². The van der Waals surface area contributed by atoms with Crippen LogP contribution < -0.4 is 11.3 Å².